The largest absolute Gasteiger partial charge is 0.337 e. The maximum atomic E-state index is 11.7. The van der Waals surface area contributed by atoms with Gasteiger partial charge in [-0.3, -0.25) is 4.79 Å². The van der Waals surface area contributed by atoms with Crippen LogP contribution in [0.3, 0.4) is 0 Å². The molecule has 0 aliphatic carbocycles. The first kappa shape index (κ1) is 12.1. The van der Waals surface area contributed by atoms with Crippen LogP contribution < -0.4 is 0 Å². The Morgan fingerprint density at radius 3 is 2.47 bits per heavy atom. The number of halogens is 1. The van der Waals surface area contributed by atoms with E-state index in [1.807, 2.05) is 37.3 Å². The average molecular weight is 226 g/mol. The Bertz CT molecular complexity index is 311. The van der Waals surface area contributed by atoms with E-state index in [1.165, 1.54) is 0 Å². The molecular formula is C12H16ClNO. The summed E-state index contributed by atoms with van der Waals surface area (Å²) < 4.78 is 0. The predicted molar refractivity (Wildman–Crippen MR) is 62.8 cm³/mol. The fourth-order valence-corrected chi connectivity index (χ4v) is 1.54. The van der Waals surface area contributed by atoms with Crippen molar-refractivity contribution < 1.29 is 4.79 Å². The van der Waals surface area contributed by atoms with Crippen molar-refractivity contribution in [2.45, 2.75) is 25.8 Å². The lowest BCUT2D eigenvalue weighted by Crippen LogP contribution is -2.34. The van der Waals surface area contributed by atoms with Crippen LogP contribution in [0.25, 0.3) is 0 Å². The molecule has 0 unspecified atom stereocenters. The van der Waals surface area contributed by atoms with Crippen LogP contribution in [0.15, 0.2) is 30.3 Å². The summed E-state index contributed by atoms with van der Waals surface area (Å²) in [4.78, 5) is 13.4. The monoisotopic (exact) mass is 225 g/mol. The molecule has 1 aromatic carbocycles. The van der Waals surface area contributed by atoms with Crippen molar-refractivity contribution in [2.24, 2.45) is 0 Å². The molecule has 0 bridgehead atoms. The molecule has 1 aromatic rings. The standard InChI is InChI=1S/C12H16ClNO/c1-3-14(12(15)10(2)13)9-11-7-5-4-6-8-11/h4-8,10H,3,9H2,1-2H3/t10-/m1/s1. The third-order valence-electron chi connectivity index (χ3n) is 2.25. The normalized spacial score (nSPS) is 12.2. The molecule has 0 aliphatic rings. The molecule has 0 N–H and O–H groups in total. The number of benzene rings is 1. The molecule has 82 valence electrons. The summed E-state index contributed by atoms with van der Waals surface area (Å²) in [6, 6.07) is 9.92. The van der Waals surface area contributed by atoms with E-state index in [0.29, 0.717) is 13.1 Å². The maximum absolute atomic E-state index is 11.7. The van der Waals surface area contributed by atoms with Crippen molar-refractivity contribution >= 4 is 17.5 Å². The third-order valence-corrected chi connectivity index (χ3v) is 2.44. The van der Waals surface area contributed by atoms with Gasteiger partial charge in [0.1, 0.15) is 5.38 Å². The molecule has 0 saturated heterocycles. The molecule has 0 saturated carbocycles. The Balaban J connectivity index is 2.66. The van der Waals surface area contributed by atoms with Crippen molar-refractivity contribution in [1.82, 2.24) is 4.90 Å². The first-order valence-electron chi connectivity index (χ1n) is 5.12. The highest BCUT2D eigenvalue weighted by molar-refractivity contribution is 6.30. The quantitative estimate of drug-likeness (QED) is 0.722. The van der Waals surface area contributed by atoms with E-state index in [4.69, 9.17) is 11.6 Å². The lowest BCUT2D eigenvalue weighted by molar-refractivity contribution is -0.130. The smallest absolute Gasteiger partial charge is 0.240 e. The van der Waals surface area contributed by atoms with E-state index in [9.17, 15) is 4.79 Å². The Labute approximate surface area is 95.8 Å². The van der Waals surface area contributed by atoms with Gasteiger partial charge in [0.05, 0.1) is 0 Å². The molecular weight excluding hydrogens is 210 g/mol. The second kappa shape index (κ2) is 5.76. The zero-order valence-electron chi connectivity index (χ0n) is 9.11. The number of hydrogen-bond acceptors (Lipinski definition) is 1. The summed E-state index contributed by atoms with van der Waals surface area (Å²) >= 11 is 5.78. The highest BCUT2D eigenvalue weighted by Gasteiger charge is 2.16. The van der Waals surface area contributed by atoms with E-state index >= 15 is 0 Å². The predicted octanol–water partition coefficient (Wildman–Crippen LogP) is 2.66. The highest BCUT2D eigenvalue weighted by atomic mass is 35.5. The fraction of sp³-hybridized carbons (Fsp3) is 0.417. The van der Waals surface area contributed by atoms with E-state index < -0.39 is 5.38 Å². The van der Waals surface area contributed by atoms with E-state index in [-0.39, 0.29) is 5.91 Å². The maximum Gasteiger partial charge on any atom is 0.240 e. The highest BCUT2D eigenvalue weighted by Crippen LogP contribution is 2.08. The Morgan fingerprint density at radius 2 is 2.00 bits per heavy atom. The van der Waals surface area contributed by atoms with Crippen molar-refractivity contribution in [3.05, 3.63) is 35.9 Å². The Hall–Kier alpha value is -1.02. The van der Waals surface area contributed by atoms with Crippen LogP contribution in [0.1, 0.15) is 19.4 Å². The Morgan fingerprint density at radius 1 is 1.40 bits per heavy atom. The summed E-state index contributed by atoms with van der Waals surface area (Å²) in [7, 11) is 0. The minimum Gasteiger partial charge on any atom is -0.337 e. The number of amides is 1. The number of nitrogens with zero attached hydrogens (tertiary/aromatic N) is 1. The summed E-state index contributed by atoms with van der Waals surface area (Å²) in [5, 5.41) is -0.450. The number of carbonyl (C=O) groups excluding carboxylic acids is 1. The van der Waals surface area contributed by atoms with Crippen molar-refractivity contribution in [3.63, 3.8) is 0 Å². The summed E-state index contributed by atoms with van der Waals surface area (Å²) in [5.41, 5.74) is 1.13. The van der Waals surface area contributed by atoms with Crippen LogP contribution in [-0.2, 0) is 11.3 Å². The minimum absolute atomic E-state index is 0.0111. The zero-order chi connectivity index (χ0) is 11.3. The molecule has 0 spiro atoms. The van der Waals surface area contributed by atoms with Gasteiger partial charge in [0.2, 0.25) is 5.91 Å². The number of rotatable bonds is 4. The number of alkyl halides is 1. The van der Waals surface area contributed by atoms with Crippen molar-refractivity contribution in [1.29, 1.82) is 0 Å². The van der Waals surface area contributed by atoms with Gasteiger partial charge in [-0.05, 0) is 19.4 Å². The Kier molecular flexibility index (Phi) is 4.63. The third kappa shape index (κ3) is 3.56. The molecule has 0 aromatic heterocycles. The van der Waals surface area contributed by atoms with Gasteiger partial charge in [0, 0.05) is 13.1 Å². The molecule has 1 atom stereocenters. The molecule has 0 heterocycles. The van der Waals surface area contributed by atoms with Crippen LogP contribution in [-0.4, -0.2) is 22.7 Å². The van der Waals surface area contributed by atoms with Gasteiger partial charge >= 0.3 is 0 Å². The number of carbonyl (C=O) groups is 1. The van der Waals surface area contributed by atoms with Crippen molar-refractivity contribution in [2.75, 3.05) is 6.54 Å². The second-order valence-electron chi connectivity index (χ2n) is 3.45. The van der Waals surface area contributed by atoms with Gasteiger partial charge in [-0.15, -0.1) is 11.6 Å². The van der Waals surface area contributed by atoms with Crippen LogP contribution in [0, 0.1) is 0 Å². The fourth-order valence-electron chi connectivity index (χ4n) is 1.40. The van der Waals surface area contributed by atoms with E-state index in [2.05, 4.69) is 0 Å². The van der Waals surface area contributed by atoms with Crippen molar-refractivity contribution in [3.8, 4) is 0 Å². The molecule has 3 heteroatoms. The SMILES string of the molecule is CCN(Cc1ccccc1)C(=O)[C@@H](C)Cl. The molecule has 0 radical (unpaired) electrons. The molecule has 0 aliphatic heterocycles. The molecule has 15 heavy (non-hydrogen) atoms. The summed E-state index contributed by atoms with van der Waals surface area (Å²) in [6.45, 7) is 4.98. The van der Waals surface area contributed by atoms with Crippen LogP contribution in [0.5, 0.6) is 0 Å². The van der Waals surface area contributed by atoms with Crippen LogP contribution >= 0.6 is 11.6 Å². The zero-order valence-corrected chi connectivity index (χ0v) is 9.87. The van der Waals surface area contributed by atoms with E-state index in [1.54, 1.807) is 11.8 Å². The van der Waals surface area contributed by atoms with Gasteiger partial charge < -0.3 is 4.90 Å². The van der Waals surface area contributed by atoms with Crippen LogP contribution in [0.4, 0.5) is 0 Å². The van der Waals surface area contributed by atoms with Gasteiger partial charge in [-0.2, -0.15) is 0 Å². The number of hydrogen-bond donors (Lipinski definition) is 0. The first-order chi connectivity index (χ1) is 7.15. The van der Waals surface area contributed by atoms with Crippen LogP contribution in [0.2, 0.25) is 0 Å². The average Bonchev–Trinajstić information content (AvgIpc) is 2.26. The van der Waals surface area contributed by atoms with Gasteiger partial charge in [0.15, 0.2) is 0 Å². The van der Waals surface area contributed by atoms with Gasteiger partial charge in [-0.25, -0.2) is 0 Å². The summed E-state index contributed by atoms with van der Waals surface area (Å²) in [5.74, 6) is -0.0111. The first-order valence-corrected chi connectivity index (χ1v) is 5.55. The lowest BCUT2D eigenvalue weighted by Gasteiger charge is -2.22. The lowest BCUT2D eigenvalue weighted by atomic mass is 10.2. The van der Waals surface area contributed by atoms with Gasteiger partial charge in [-0.1, -0.05) is 30.3 Å². The van der Waals surface area contributed by atoms with Gasteiger partial charge in [0.25, 0.3) is 0 Å². The molecule has 2 nitrogen and oxygen atoms in total. The summed E-state index contributed by atoms with van der Waals surface area (Å²) in [6.07, 6.45) is 0. The van der Waals surface area contributed by atoms with E-state index in [0.717, 1.165) is 5.56 Å². The molecule has 1 amide bonds. The molecule has 1 rings (SSSR count). The second-order valence-corrected chi connectivity index (χ2v) is 4.11. The topological polar surface area (TPSA) is 20.3 Å². The molecule has 0 fully saturated rings. The minimum atomic E-state index is -0.450.